The van der Waals surface area contributed by atoms with Gasteiger partial charge in [-0.3, -0.25) is 0 Å². The highest BCUT2D eigenvalue weighted by Gasteiger charge is 2.06. The quantitative estimate of drug-likeness (QED) is 0.580. The van der Waals surface area contributed by atoms with Gasteiger partial charge in [0, 0.05) is 30.3 Å². The highest BCUT2D eigenvalue weighted by atomic mass is 35.5. The van der Waals surface area contributed by atoms with E-state index in [-0.39, 0.29) is 6.03 Å². The Morgan fingerprint density at radius 3 is 2.63 bits per heavy atom. The second-order valence-electron chi connectivity index (χ2n) is 6.15. The van der Waals surface area contributed by atoms with Crippen molar-refractivity contribution in [2.24, 2.45) is 0 Å². The number of hydrogen-bond donors (Lipinski definition) is 3. The summed E-state index contributed by atoms with van der Waals surface area (Å²) in [6.45, 7) is 4.49. The molecule has 0 unspecified atom stereocenters. The van der Waals surface area contributed by atoms with Gasteiger partial charge in [0.2, 0.25) is 0 Å². The van der Waals surface area contributed by atoms with Crippen molar-refractivity contribution in [3.05, 3.63) is 76.7 Å². The monoisotopic (exact) mass is 381 g/mol. The Balaban J connectivity index is 1.61. The van der Waals surface area contributed by atoms with Crippen molar-refractivity contribution in [1.29, 1.82) is 0 Å². The van der Waals surface area contributed by atoms with E-state index in [1.165, 1.54) is 6.20 Å². The smallest absolute Gasteiger partial charge is 0.323 e. The van der Waals surface area contributed by atoms with Crippen LogP contribution in [0, 0.1) is 13.8 Å². The fourth-order valence-electron chi connectivity index (χ4n) is 2.62. The Hall–Kier alpha value is -3.12. The topological polar surface area (TPSA) is 78.9 Å². The molecule has 0 aliphatic rings. The van der Waals surface area contributed by atoms with Gasteiger partial charge in [0.15, 0.2) is 11.0 Å². The molecule has 6 nitrogen and oxygen atoms in total. The number of nitrogens with zero attached hydrogens (tertiary/aromatic N) is 2. The minimum absolute atomic E-state index is 0.288. The maximum absolute atomic E-state index is 12.3. The van der Waals surface area contributed by atoms with Crippen LogP contribution in [0.25, 0.3) is 0 Å². The molecule has 0 saturated heterocycles. The van der Waals surface area contributed by atoms with Gasteiger partial charge in [-0.25, -0.2) is 14.8 Å². The number of carbonyl (C=O) groups excluding carboxylic acids is 1. The predicted octanol–water partition coefficient (Wildman–Crippen LogP) is 5.00. The minimum Gasteiger partial charge on any atom is -0.363 e. The van der Waals surface area contributed by atoms with Crippen LogP contribution in [0.4, 0.5) is 22.0 Å². The number of aromatic nitrogens is 2. The molecule has 1 aromatic heterocycles. The number of urea groups is 1. The van der Waals surface area contributed by atoms with Crippen LogP contribution in [0.5, 0.6) is 0 Å². The summed E-state index contributed by atoms with van der Waals surface area (Å²) in [5.74, 6) is 0.519. The summed E-state index contributed by atoms with van der Waals surface area (Å²) < 4.78 is 0. The average molecular weight is 382 g/mol. The lowest BCUT2D eigenvalue weighted by Gasteiger charge is -2.12. The molecule has 3 aromatic rings. The third-order valence-electron chi connectivity index (χ3n) is 3.93. The fourth-order valence-corrected chi connectivity index (χ4v) is 2.79. The van der Waals surface area contributed by atoms with Gasteiger partial charge in [0.25, 0.3) is 0 Å². The van der Waals surface area contributed by atoms with Crippen molar-refractivity contribution >= 4 is 34.8 Å². The Morgan fingerprint density at radius 1 is 1.04 bits per heavy atom. The third kappa shape index (κ3) is 5.18. The molecule has 3 rings (SSSR count). The predicted molar refractivity (Wildman–Crippen MR) is 109 cm³/mol. The van der Waals surface area contributed by atoms with E-state index in [1.807, 2.05) is 56.3 Å². The summed E-state index contributed by atoms with van der Waals surface area (Å²) in [6, 6.07) is 13.1. The van der Waals surface area contributed by atoms with Crippen molar-refractivity contribution in [1.82, 2.24) is 9.97 Å². The summed E-state index contributed by atoms with van der Waals surface area (Å²) in [6.07, 6.45) is 3.11. The molecule has 0 aliphatic carbocycles. The first kappa shape index (κ1) is 18.7. The van der Waals surface area contributed by atoms with Crippen molar-refractivity contribution in [3.8, 4) is 0 Å². The zero-order valence-electron chi connectivity index (χ0n) is 15.1. The van der Waals surface area contributed by atoms with Gasteiger partial charge in [-0.2, -0.15) is 0 Å². The maximum Gasteiger partial charge on any atom is 0.323 e. The number of benzene rings is 2. The van der Waals surface area contributed by atoms with Crippen molar-refractivity contribution in [2.45, 2.75) is 20.4 Å². The highest BCUT2D eigenvalue weighted by Crippen LogP contribution is 2.18. The molecule has 138 valence electrons. The van der Waals surface area contributed by atoms with Crippen LogP contribution >= 0.6 is 11.6 Å². The minimum atomic E-state index is -0.288. The van der Waals surface area contributed by atoms with Gasteiger partial charge in [0.05, 0.1) is 0 Å². The van der Waals surface area contributed by atoms with E-state index in [4.69, 9.17) is 11.6 Å². The number of carbonyl (C=O) groups is 1. The molecule has 27 heavy (non-hydrogen) atoms. The molecule has 0 bridgehead atoms. The molecule has 2 aromatic carbocycles. The first-order valence-electron chi connectivity index (χ1n) is 8.46. The van der Waals surface area contributed by atoms with Crippen LogP contribution in [-0.2, 0) is 6.54 Å². The Kier molecular flexibility index (Phi) is 5.88. The standard InChI is InChI=1S/C20H20ClN5O/c1-13-6-7-17(14(2)10-13)26-20(27)25-16-5-3-4-15(11-16)12-24-19-18(21)22-8-9-23-19/h3-11H,12H2,1-2H3,(H,23,24)(H2,25,26,27). The first-order valence-corrected chi connectivity index (χ1v) is 8.83. The number of anilines is 3. The molecular formula is C20H20ClN5O. The molecule has 0 saturated carbocycles. The van der Waals surface area contributed by atoms with E-state index >= 15 is 0 Å². The lowest BCUT2D eigenvalue weighted by molar-refractivity contribution is 0.262. The second-order valence-corrected chi connectivity index (χ2v) is 6.51. The summed E-state index contributed by atoms with van der Waals surface area (Å²) in [5.41, 5.74) is 4.63. The van der Waals surface area contributed by atoms with Crippen LogP contribution in [0.15, 0.2) is 54.9 Å². The Labute approximate surface area is 163 Å². The number of hydrogen-bond acceptors (Lipinski definition) is 4. The maximum atomic E-state index is 12.3. The fraction of sp³-hybridized carbons (Fsp3) is 0.150. The molecule has 2 amide bonds. The molecule has 1 heterocycles. The van der Waals surface area contributed by atoms with E-state index in [0.29, 0.717) is 23.2 Å². The molecule has 0 radical (unpaired) electrons. The normalized spacial score (nSPS) is 10.3. The highest BCUT2D eigenvalue weighted by molar-refractivity contribution is 6.31. The summed E-state index contributed by atoms with van der Waals surface area (Å²) in [7, 11) is 0. The second kappa shape index (κ2) is 8.51. The van der Waals surface area contributed by atoms with Gasteiger partial charge in [-0.05, 0) is 43.2 Å². The largest absolute Gasteiger partial charge is 0.363 e. The van der Waals surface area contributed by atoms with E-state index in [0.717, 1.165) is 22.4 Å². The SMILES string of the molecule is Cc1ccc(NC(=O)Nc2cccc(CNc3nccnc3Cl)c2)c(C)c1. The van der Waals surface area contributed by atoms with Crippen LogP contribution in [0.1, 0.15) is 16.7 Å². The van der Waals surface area contributed by atoms with Crippen molar-refractivity contribution in [2.75, 3.05) is 16.0 Å². The van der Waals surface area contributed by atoms with Gasteiger partial charge in [-0.1, -0.05) is 41.4 Å². The molecule has 3 N–H and O–H groups in total. The lowest BCUT2D eigenvalue weighted by Crippen LogP contribution is -2.20. The molecular weight excluding hydrogens is 362 g/mol. The summed E-state index contributed by atoms with van der Waals surface area (Å²) in [5, 5.41) is 9.17. The third-order valence-corrected chi connectivity index (χ3v) is 4.21. The number of rotatable bonds is 5. The van der Waals surface area contributed by atoms with Gasteiger partial charge in [-0.15, -0.1) is 0 Å². The van der Waals surface area contributed by atoms with Crippen molar-refractivity contribution < 1.29 is 4.79 Å². The Morgan fingerprint density at radius 2 is 1.85 bits per heavy atom. The Bertz CT molecular complexity index is 961. The molecule has 0 atom stereocenters. The van der Waals surface area contributed by atoms with E-state index in [1.54, 1.807) is 6.20 Å². The number of amides is 2. The zero-order valence-corrected chi connectivity index (χ0v) is 15.8. The summed E-state index contributed by atoms with van der Waals surface area (Å²) in [4.78, 5) is 20.4. The van der Waals surface area contributed by atoms with Gasteiger partial charge in [0.1, 0.15) is 0 Å². The van der Waals surface area contributed by atoms with Crippen LogP contribution in [0.3, 0.4) is 0 Å². The number of aryl methyl sites for hydroxylation is 2. The molecule has 0 spiro atoms. The van der Waals surface area contributed by atoms with Gasteiger partial charge < -0.3 is 16.0 Å². The van der Waals surface area contributed by atoms with Crippen LogP contribution in [0.2, 0.25) is 5.15 Å². The molecule has 0 aliphatic heterocycles. The average Bonchev–Trinajstić information content (AvgIpc) is 2.64. The first-order chi connectivity index (χ1) is 13.0. The van der Waals surface area contributed by atoms with E-state index in [9.17, 15) is 4.79 Å². The van der Waals surface area contributed by atoms with Gasteiger partial charge >= 0.3 is 6.03 Å². The van der Waals surface area contributed by atoms with E-state index < -0.39 is 0 Å². The van der Waals surface area contributed by atoms with E-state index in [2.05, 4.69) is 25.9 Å². The zero-order chi connectivity index (χ0) is 19.2. The molecule has 0 fully saturated rings. The van der Waals surface area contributed by atoms with Crippen LogP contribution in [-0.4, -0.2) is 16.0 Å². The lowest BCUT2D eigenvalue weighted by atomic mass is 10.1. The van der Waals surface area contributed by atoms with Crippen molar-refractivity contribution in [3.63, 3.8) is 0 Å². The van der Waals surface area contributed by atoms with Crippen LogP contribution < -0.4 is 16.0 Å². The molecule has 7 heteroatoms. The number of halogens is 1. The number of nitrogens with one attached hydrogen (secondary N) is 3. The summed E-state index contributed by atoms with van der Waals surface area (Å²) >= 11 is 5.99.